The molecule has 0 radical (unpaired) electrons. The van der Waals surface area contributed by atoms with Crippen molar-refractivity contribution in [2.45, 2.75) is 27.2 Å². The second-order valence-electron chi connectivity index (χ2n) is 8.33. The van der Waals surface area contributed by atoms with Crippen molar-refractivity contribution >= 4 is 23.7 Å². The average Bonchev–Trinajstić information content (AvgIpc) is 3.05. The summed E-state index contributed by atoms with van der Waals surface area (Å²) in [5.41, 5.74) is -0.746. The van der Waals surface area contributed by atoms with Crippen LogP contribution < -0.4 is 10.1 Å². The van der Waals surface area contributed by atoms with Crippen LogP contribution in [-0.4, -0.2) is 41.7 Å². The van der Waals surface area contributed by atoms with Gasteiger partial charge in [-0.2, -0.15) is 8.78 Å². The molecule has 1 aliphatic rings. The van der Waals surface area contributed by atoms with E-state index in [-0.39, 0.29) is 30.6 Å². The molecule has 1 N–H and O–H groups in total. The molecule has 0 unspecified atom stereocenters. The van der Waals surface area contributed by atoms with Crippen molar-refractivity contribution in [2.24, 2.45) is 5.41 Å². The quantitative estimate of drug-likeness (QED) is 0.0923. The number of aryl methyl sites for hydroxylation is 1. The maximum absolute atomic E-state index is 13.8. The van der Waals surface area contributed by atoms with E-state index >= 15 is 0 Å². The van der Waals surface area contributed by atoms with Crippen molar-refractivity contribution in [3.05, 3.63) is 64.0 Å². The fourth-order valence-corrected chi connectivity index (χ4v) is 3.26. The number of esters is 1. The number of hydrogen-bond acceptors (Lipinski definition) is 5. The highest BCUT2D eigenvalue weighted by Crippen LogP contribution is 2.31. The maximum atomic E-state index is 13.8. The van der Waals surface area contributed by atoms with Crippen LogP contribution in [0, 0.1) is 41.4 Å². The van der Waals surface area contributed by atoms with Crippen LogP contribution in [-0.2, 0) is 9.59 Å². The molecule has 0 aliphatic carbocycles. The largest absolute Gasteiger partial charge is 0.419 e. The van der Waals surface area contributed by atoms with Gasteiger partial charge in [-0.15, -0.1) is 0 Å². The first-order valence-electron chi connectivity index (χ1n) is 10.3. The molecule has 0 bridgehead atoms. The van der Waals surface area contributed by atoms with Crippen LogP contribution in [0.15, 0.2) is 18.2 Å². The fraction of sp³-hybridized carbons (Fsp3) is 0.304. The molecule has 0 spiro atoms. The normalized spacial score (nSPS) is 13.2. The lowest BCUT2D eigenvalue weighted by molar-refractivity contribution is -0.151. The van der Waals surface area contributed by atoms with Gasteiger partial charge >= 0.3 is 5.97 Å². The van der Waals surface area contributed by atoms with Crippen molar-refractivity contribution in [3.8, 4) is 5.75 Å². The number of nitrogens with one attached hydrogen (secondary N) is 1. The van der Waals surface area contributed by atoms with E-state index < -0.39 is 63.9 Å². The molecule has 0 saturated heterocycles. The topological polar surface area (TPSA) is 92.8 Å². The number of ether oxygens (including phenoxy) is 1. The van der Waals surface area contributed by atoms with Gasteiger partial charge in [0.1, 0.15) is 5.41 Å². The van der Waals surface area contributed by atoms with Gasteiger partial charge in [0.15, 0.2) is 0 Å². The van der Waals surface area contributed by atoms with Gasteiger partial charge in [-0.25, -0.2) is 13.2 Å². The number of hydrogen-bond donors (Lipinski definition) is 1. The van der Waals surface area contributed by atoms with Crippen molar-refractivity contribution in [1.82, 2.24) is 10.2 Å². The molecule has 35 heavy (non-hydrogen) atoms. The predicted molar refractivity (Wildman–Crippen MR) is 110 cm³/mol. The molecule has 3 rings (SSSR count). The van der Waals surface area contributed by atoms with Crippen LogP contribution >= 0.6 is 0 Å². The Kier molecular flexibility index (Phi) is 6.95. The van der Waals surface area contributed by atoms with E-state index in [4.69, 9.17) is 0 Å². The second kappa shape index (κ2) is 9.43. The number of imide groups is 1. The summed E-state index contributed by atoms with van der Waals surface area (Å²) in [6.07, 6.45) is 0.110. The van der Waals surface area contributed by atoms with Crippen LogP contribution in [0.3, 0.4) is 0 Å². The molecular formula is C23H19F5N2O5. The molecule has 3 amide bonds. The van der Waals surface area contributed by atoms with Crippen LogP contribution in [0.5, 0.6) is 5.75 Å². The van der Waals surface area contributed by atoms with E-state index in [2.05, 4.69) is 10.1 Å². The molecule has 0 fully saturated rings. The van der Waals surface area contributed by atoms with Gasteiger partial charge in [-0.05, 0) is 39.3 Å². The first-order valence-corrected chi connectivity index (χ1v) is 10.3. The molecule has 0 atom stereocenters. The van der Waals surface area contributed by atoms with Crippen LogP contribution in [0.25, 0.3) is 0 Å². The monoisotopic (exact) mass is 498 g/mol. The Bertz CT molecular complexity index is 1230. The summed E-state index contributed by atoms with van der Waals surface area (Å²) in [6, 6.07) is 4.84. The van der Waals surface area contributed by atoms with E-state index in [1.54, 1.807) is 25.1 Å². The Morgan fingerprint density at radius 2 is 1.46 bits per heavy atom. The Labute approximate surface area is 195 Å². The van der Waals surface area contributed by atoms with Crippen molar-refractivity contribution in [3.63, 3.8) is 0 Å². The minimum absolute atomic E-state index is 0.0406. The van der Waals surface area contributed by atoms with E-state index in [0.717, 1.165) is 24.3 Å². The van der Waals surface area contributed by atoms with E-state index in [9.17, 15) is 41.1 Å². The third-order valence-electron chi connectivity index (χ3n) is 5.41. The summed E-state index contributed by atoms with van der Waals surface area (Å²) in [4.78, 5) is 50.6. The van der Waals surface area contributed by atoms with E-state index in [1.165, 1.54) is 0 Å². The highest BCUT2D eigenvalue weighted by molar-refractivity contribution is 6.21. The maximum Gasteiger partial charge on any atom is 0.326 e. The summed E-state index contributed by atoms with van der Waals surface area (Å²) in [6.45, 7) is 3.66. The number of rotatable bonds is 7. The van der Waals surface area contributed by atoms with E-state index in [0.29, 0.717) is 0 Å². The van der Waals surface area contributed by atoms with Crippen molar-refractivity contribution in [1.29, 1.82) is 0 Å². The van der Waals surface area contributed by atoms with Gasteiger partial charge < -0.3 is 10.1 Å². The third kappa shape index (κ3) is 4.60. The molecule has 2 aromatic rings. The summed E-state index contributed by atoms with van der Waals surface area (Å²) in [5, 5.41) is 2.35. The predicted octanol–water partition coefficient (Wildman–Crippen LogP) is 3.42. The SMILES string of the molecule is Cc1ccc2c(c1)C(=O)N(CCCNC(=O)C(C)(C)C(=O)Oc1c(F)c(F)c(F)c(F)c1F)C2=O. The Morgan fingerprint density at radius 1 is 0.914 bits per heavy atom. The molecule has 2 aromatic carbocycles. The first kappa shape index (κ1) is 25.8. The number of carbonyl (C=O) groups excluding carboxylic acids is 4. The molecule has 1 aliphatic heterocycles. The fourth-order valence-electron chi connectivity index (χ4n) is 3.26. The third-order valence-corrected chi connectivity index (χ3v) is 5.41. The standard InChI is InChI=1S/C23H19F5N2O5/c1-10-5-6-11-12(9-10)20(32)30(19(11)31)8-4-7-29-21(33)23(2,3)22(34)35-18-16(27)14(25)13(24)15(26)17(18)28/h5-6,9H,4,7-8H2,1-3H3,(H,29,33). The lowest BCUT2D eigenvalue weighted by Gasteiger charge is -2.22. The zero-order chi connectivity index (χ0) is 26.2. The Balaban J connectivity index is 1.59. The minimum Gasteiger partial charge on any atom is -0.419 e. The zero-order valence-electron chi connectivity index (χ0n) is 18.7. The Morgan fingerprint density at radius 3 is 2.06 bits per heavy atom. The number of fused-ring (bicyclic) bond motifs is 1. The smallest absolute Gasteiger partial charge is 0.326 e. The van der Waals surface area contributed by atoms with Gasteiger partial charge in [0, 0.05) is 13.1 Å². The molecule has 7 nitrogen and oxygen atoms in total. The van der Waals surface area contributed by atoms with Gasteiger partial charge in [0.05, 0.1) is 11.1 Å². The lowest BCUT2D eigenvalue weighted by atomic mass is 9.92. The second-order valence-corrected chi connectivity index (χ2v) is 8.33. The highest BCUT2D eigenvalue weighted by atomic mass is 19.2. The van der Waals surface area contributed by atoms with Gasteiger partial charge in [0.2, 0.25) is 40.7 Å². The summed E-state index contributed by atoms with van der Waals surface area (Å²) in [7, 11) is 0. The number of halogens is 5. The average molecular weight is 498 g/mol. The zero-order valence-corrected chi connectivity index (χ0v) is 18.7. The summed E-state index contributed by atoms with van der Waals surface area (Å²) >= 11 is 0. The summed E-state index contributed by atoms with van der Waals surface area (Å²) in [5.74, 6) is -17.1. The number of benzene rings is 2. The molecule has 1 heterocycles. The highest BCUT2D eigenvalue weighted by Gasteiger charge is 2.40. The van der Waals surface area contributed by atoms with Crippen LogP contribution in [0.2, 0.25) is 0 Å². The van der Waals surface area contributed by atoms with Crippen LogP contribution in [0.4, 0.5) is 22.0 Å². The van der Waals surface area contributed by atoms with Crippen LogP contribution in [0.1, 0.15) is 46.5 Å². The number of amides is 3. The van der Waals surface area contributed by atoms with Crippen molar-refractivity contribution < 1.29 is 45.9 Å². The molecule has 0 saturated carbocycles. The molecule has 0 aromatic heterocycles. The molecule has 12 heteroatoms. The lowest BCUT2D eigenvalue weighted by Crippen LogP contribution is -2.45. The first-order chi connectivity index (χ1) is 16.3. The molecular weight excluding hydrogens is 479 g/mol. The number of carbonyl (C=O) groups is 4. The van der Waals surface area contributed by atoms with E-state index in [1.807, 2.05) is 0 Å². The molecule has 186 valence electrons. The summed E-state index contributed by atoms with van der Waals surface area (Å²) < 4.78 is 71.7. The van der Waals surface area contributed by atoms with Gasteiger partial charge in [-0.1, -0.05) is 11.6 Å². The van der Waals surface area contributed by atoms with Gasteiger partial charge in [-0.3, -0.25) is 24.1 Å². The van der Waals surface area contributed by atoms with Crippen molar-refractivity contribution in [2.75, 3.05) is 13.1 Å². The van der Waals surface area contributed by atoms with Gasteiger partial charge in [0.25, 0.3) is 11.8 Å². The Hall–Kier alpha value is -3.83. The minimum atomic E-state index is -2.43. The number of nitrogens with zero attached hydrogens (tertiary/aromatic N) is 1.